The van der Waals surface area contributed by atoms with Crippen LogP contribution in [-0.2, 0) is 26.5 Å². The number of nitrogens with one attached hydrogen (secondary N) is 1. The van der Waals surface area contributed by atoms with Gasteiger partial charge in [-0.05, 0) is 41.8 Å². The summed E-state index contributed by atoms with van der Waals surface area (Å²) in [5, 5.41) is 11.7. The number of nitrogens with two attached hydrogens (primary N) is 2. The Balaban J connectivity index is 1.51. The molecular weight excluding hydrogens is 422 g/mol. The Morgan fingerprint density at radius 3 is 2.55 bits per heavy atom. The second-order valence-corrected chi connectivity index (χ2v) is 8.23. The van der Waals surface area contributed by atoms with Crippen LogP contribution in [0, 0.1) is 0 Å². The number of amides is 1. The van der Waals surface area contributed by atoms with Gasteiger partial charge in [-0.15, -0.1) is 0 Å². The molecule has 2 heterocycles. The van der Waals surface area contributed by atoms with Crippen LogP contribution in [0.4, 0.5) is 11.4 Å². The highest BCUT2D eigenvalue weighted by atomic mass is 16.5. The summed E-state index contributed by atoms with van der Waals surface area (Å²) in [6.45, 7) is 0.460. The first-order valence-electron chi connectivity index (χ1n) is 10.6. The van der Waals surface area contributed by atoms with Gasteiger partial charge in [0.2, 0.25) is 5.91 Å². The van der Waals surface area contributed by atoms with Gasteiger partial charge >= 0.3 is 5.97 Å². The molecule has 0 saturated heterocycles. The maximum atomic E-state index is 12.3. The summed E-state index contributed by atoms with van der Waals surface area (Å²) in [5.74, 6) is -0.325. The largest absolute Gasteiger partial charge is 0.480 e. The highest BCUT2D eigenvalue weighted by Crippen LogP contribution is 2.56. The van der Waals surface area contributed by atoms with Gasteiger partial charge in [0.1, 0.15) is 17.5 Å². The maximum absolute atomic E-state index is 12.3. The van der Waals surface area contributed by atoms with E-state index in [4.69, 9.17) is 26.0 Å². The van der Waals surface area contributed by atoms with E-state index in [9.17, 15) is 9.59 Å². The van der Waals surface area contributed by atoms with Crippen molar-refractivity contribution in [1.82, 2.24) is 0 Å². The Hall–Kier alpha value is -3.88. The lowest BCUT2D eigenvalue weighted by atomic mass is 9.77. The molecule has 0 saturated carbocycles. The van der Waals surface area contributed by atoms with E-state index in [1.165, 1.54) is 0 Å². The van der Waals surface area contributed by atoms with Gasteiger partial charge in [-0.1, -0.05) is 24.3 Å². The molecule has 3 aromatic rings. The second kappa shape index (κ2) is 7.91. The number of nitrogen functional groups attached to an aromatic ring is 1. The molecule has 8 nitrogen and oxygen atoms in total. The Labute approximate surface area is 190 Å². The summed E-state index contributed by atoms with van der Waals surface area (Å²) >= 11 is 0. The Morgan fingerprint density at radius 1 is 1.03 bits per heavy atom. The lowest BCUT2D eigenvalue weighted by molar-refractivity contribution is -0.138. The van der Waals surface area contributed by atoms with Crippen molar-refractivity contribution in [3.8, 4) is 11.5 Å². The number of aliphatic carboxylic acids is 1. The van der Waals surface area contributed by atoms with Crippen LogP contribution in [0.1, 0.15) is 35.1 Å². The molecule has 1 amide bonds. The third-order valence-corrected chi connectivity index (χ3v) is 6.09. The van der Waals surface area contributed by atoms with Crippen LogP contribution < -0.4 is 21.5 Å². The molecule has 0 fully saturated rings. The fourth-order valence-electron chi connectivity index (χ4n) is 4.49. The summed E-state index contributed by atoms with van der Waals surface area (Å²) in [5.41, 5.74) is 15.6. The van der Waals surface area contributed by atoms with Crippen LogP contribution in [0.15, 0.2) is 60.7 Å². The average Bonchev–Trinajstić information content (AvgIpc) is 3.17. The third kappa shape index (κ3) is 3.49. The van der Waals surface area contributed by atoms with Gasteiger partial charge in [0, 0.05) is 41.1 Å². The van der Waals surface area contributed by atoms with E-state index in [1.54, 1.807) is 18.2 Å². The Bertz CT molecular complexity index is 1270. The predicted octanol–water partition coefficient (Wildman–Crippen LogP) is 3.33. The number of ether oxygens (including phenoxy) is 2. The molecule has 0 bridgehead atoms. The normalized spacial score (nSPS) is 18.6. The molecule has 2 aliphatic heterocycles. The molecule has 1 spiro atoms. The fraction of sp³-hybridized carbons (Fsp3) is 0.200. The number of carboxylic acid groups (broad SMARTS) is 1. The molecule has 0 aromatic heterocycles. The molecule has 1 unspecified atom stereocenters. The van der Waals surface area contributed by atoms with Gasteiger partial charge in [0.15, 0.2) is 5.60 Å². The van der Waals surface area contributed by atoms with E-state index >= 15 is 0 Å². The quantitative estimate of drug-likeness (QED) is 0.442. The maximum Gasteiger partial charge on any atom is 0.320 e. The number of hydrogen-bond acceptors (Lipinski definition) is 6. The van der Waals surface area contributed by atoms with Crippen molar-refractivity contribution in [2.75, 3.05) is 11.1 Å². The van der Waals surface area contributed by atoms with Crippen molar-refractivity contribution in [1.29, 1.82) is 0 Å². The van der Waals surface area contributed by atoms with Gasteiger partial charge in [-0.3, -0.25) is 9.59 Å². The van der Waals surface area contributed by atoms with Crippen LogP contribution in [-0.4, -0.2) is 23.0 Å². The van der Waals surface area contributed by atoms with Crippen molar-refractivity contribution >= 4 is 23.3 Å². The standard InChI is InChI=1S/C25H23N3O5/c26-15-5-7-18-21(11-15)33-22-12-16(28-23(29)10-9-20(27)24(30)31)6-8-19(22)25(18)17-4-2-1-3-14(17)13-32-25/h1-8,11-12,20H,9-10,13,26-27H2,(H,28,29)(H,30,31)/t20-,25?/m0/s1. The van der Waals surface area contributed by atoms with Crippen molar-refractivity contribution in [3.63, 3.8) is 0 Å². The molecule has 5 rings (SSSR count). The highest BCUT2D eigenvalue weighted by molar-refractivity contribution is 5.91. The molecule has 0 radical (unpaired) electrons. The minimum Gasteiger partial charge on any atom is -0.480 e. The highest BCUT2D eigenvalue weighted by Gasteiger charge is 2.49. The summed E-state index contributed by atoms with van der Waals surface area (Å²) in [7, 11) is 0. The average molecular weight is 445 g/mol. The van der Waals surface area contributed by atoms with Crippen LogP contribution in [0.3, 0.4) is 0 Å². The van der Waals surface area contributed by atoms with E-state index < -0.39 is 17.6 Å². The summed E-state index contributed by atoms with van der Waals surface area (Å²) < 4.78 is 12.7. The first-order valence-corrected chi connectivity index (χ1v) is 10.6. The van der Waals surface area contributed by atoms with Crippen LogP contribution in [0.5, 0.6) is 11.5 Å². The monoisotopic (exact) mass is 445 g/mol. The molecule has 6 N–H and O–H groups in total. The Kier molecular flexibility index (Phi) is 5.03. The van der Waals surface area contributed by atoms with Crippen LogP contribution in [0.25, 0.3) is 0 Å². The third-order valence-electron chi connectivity index (χ3n) is 6.09. The van der Waals surface area contributed by atoms with E-state index in [2.05, 4.69) is 11.4 Å². The molecule has 2 atom stereocenters. The zero-order valence-electron chi connectivity index (χ0n) is 17.7. The predicted molar refractivity (Wildman–Crippen MR) is 122 cm³/mol. The van der Waals surface area contributed by atoms with E-state index in [1.807, 2.05) is 36.4 Å². The van der Waals surface area contributed by atoms with Gasteiger partial charge in [0.25, 0.3) is 0 Å². The molecule has 2 aliphatic rings. The lowest BCUT2D eigenvalue weighted by Crippen LogP contribution is -2.32. The number of carbonyl (C=O) groups is 2. The summed E-state index contributed by atoms with van der Waals surface area (Å²) in [4.78, 5) is 23.2. The number of fused-ring (bicyclic) bond motifs is 6. The van der Waals surface area contributed by atoms with Gasteiger partial charge in [-0.25, -0.2) is 0 Å². The van der Waals surface area contributed by atoms with Crippen molar-refractivity contribution in [3.05, 3.63) is 82.9 Å². The van der Waals surface area contributed by atoms with Gasteiger partial charge in [-0.2, -0.15) is 0 Å². The Morgan fingerprint density at radius 2 is 1.76 bits per heavy atom. The topological polar surface area (TPSA) is 137 Å². The zero-order valence-corrected chi connectivity index (χ0v) is 17.7. The number of anilines is 2. The minimum atomic E-state index is -1.13. The summed E-state index contributed by atoms with van der Waals surface area (Å²) in [6.07, 6.45) is 0.0359. The number of hydrogen-bond donors (Lipinski definition) is 4. The second-order valence-electron chi connectivity index (χ2n) is 8.23. The SMILES string of the molecule is Nc1ccc2c(c1)Oc1cc(NC(=O)CC[C@H](N)C(=O)O)ccc1C21OCc2ccccc21. The van der Waals surface area contributed by atoms with Gasteiger partial charge in [0.05, 0.1) is 6.61 Å². The zero-order chi connectivity index (χ0) is 23.2. The molecular formula is C25H23N3O5. The number of carbonyl (C=O) groups excluding carboxylic acids is 1. The molecule has 3 aromatic carbocycles. The first kappa shape index (κ1) is 21.0. The summed E-state index contributed by atoms with van der Waals surface area (Å²) in [6, 6.07) is 17.9. The van der Waals surface area contributed by atoms with Gasteiger partial charge < -0.3 is 31.4 Å². The number of rotatable bonds is 5. The van der Waals surface area contributed by atoms with E-state index in [-0.39, 0.29) is 18.7 Å². The molecule has 33 heavy (non-hydrogen) atoms. The van der Waals surface area contributed by atoms with E-state index in [0.29, 0.717) is 29.5 Å². The molecule has 0 aliphatic carbocycles. The molecule has 8 heteroatoms. The fourth-order valence-corrected chi connectivity index (χ4v) is 4.49. The number of benzene rings is 3. The molecule has 168 valence electrons. The minimum absolute atomic E-state index is 0.00873. The van der Waals surface area contributed by atoms with Crippen LogP contribution >= 0.6 is 0 Å². The van der Waals surface area contributed by atoms with Crippen molar-refractivity contribution in [2.24, 2.45) is 5.73 Å². The first-order chi connectivity index (χ1) is 15.9. The number of carboxylic acids is 1. The van der Waals surface area contributed by atoms with Crippen LogP contribution in [0.2, 0.25) is 0 Å². The smallest absolute Gasteiger partial charge is 0.320 e. The lowest BCUT2D eigenvalue weighted by Gasteiger charge is -2.37. The van der Waals surface area contributed by atoms with Crippen molar-refractivity contribution < 1.29 is 24.2 Å². The van der Waals surface area contributed by atoms with Crippen molar-refractivity contribution in [2.45, 2.75) is 31.1 Å². The van der Waals surface area contributed by atoms with E-state index in [0.717, 1.165) is 22.3 Å².